The minimum Gasteiger partial charge on any atom is -0.192 e. The Hall–Kier alpha value is -3.35. The van der Waals surface area contributed by atoms with E-state index >= 15 is 0 Å². The van der Waals surface area contributed by atoms with Crippen LogP contribution in [-0.2, 0) is 0 Å². The molecule has 2 aromatic carbocycles. The second-order valence-corrected chi connectivity index (χ2v) is 4.09. The summed E-state index contributed by atoms with van der Waals surface area (Å²) in [6, 6.07) is 20.1. The van der Waals surface area contributed by atoms with Crippen molar-refractivity contribution in [1.29, 1.82) is 15.8 Å². The molecule has 92 valence electrons. The quantitative estimate of drug-likeness (QED) is 0.609. The summed E-state index contributed by atoms with van der Waals surface area (Å²) in [6.45, 7) is 0. The highest BCUT2D eigenvalue weighted by Crippen LogP contribution is 2.18. The van der Waals surface area contributed by atoms with Gasteiger partial charge in [0.05, 0.1) is 34.9 Å². The van der Waals surface area contributed by atoms with Crippen molar-refractivity contribution < 1.29 is 0 Å². The summed E-state index contributed by atoms with van der Waals surface area (Å²) in [5, 5.41) is 26.7. The van der Waals surface area contributed by atoms with E-state index in [9.17, 15) is 5.26 Å². The largest absolute Gasteiger partial charge is 0.192 e. The van der Waals surface area contributed by atoms with Gasteiger partial charge in [-0.2, -0.15) is 15.8 Å². The fourth-order valence-corrected chi connectivity index (χ4v) is 1.73. The van der Waals surface area contributed by atoms with Crippen LogP contribution < -0.4 is 0 Å². The summed E-state index contributed by atoms with van der Waals surface area (Å²) < 4.78 is 0. The van der Waals surface area contributed by atoms with Gasteiger partial charge in [0.2, 0.25) is 0 Å². The Morgan fingerprint density at radius 1 is 0.750 bits per heavy atom. The smallest absolute Gasteiger partial charge is 0.0998 e. The first kappa shape index (κ1) is 13.1. The van der Waals surface area contributed by atoms with Crippen LogP contribution in [0.3, 0.4) is 0 Å². The second-order valence-electron chi connectivity index (χ2n) is 4.09. The van der Waals surface area contributed by atoms with Crippen molar-refractivity contribution in [3.05, 3.63) is 70.8 Å². The minimum absolute atomic E-state index is 0.513. The molecule has 0 N–H and O–H groups in total. The molecule has 3 nitrogen and oxygen atoms in total. The number of rotatable bonds is 2. The number of allylic oxidation sites excluding steroid dienone is 1. The highest BCUT2D eigenvalue weighted by atomic mass is 14.3. The van der Waals surface area contributed by atoms with Gasteiger partial charge in [-0.25, -0.2) is 0 Å². The Morgan fingerprint density at radius 2 is 1.25 bits per heavy atom. The molecule has 2 rings (SSSR count). The van der Waals surface area contributed by atoms with Crippen molar-refractivity contribution in [3.8, 4) is 18.2 Å². The lowest BCUT2D eigenvalue weighted by molar-refractivity contribution is 1.47. The van der Waals surface area contributed by atoms with Gasteiger partial charge >= 0.3 is 0 Å². The van der Waals surface area contributed by atoms with Crippen molar-refractivity contribution in [2.75, 3.05) is 0 Å². The van der Waals surface area contributed by atoms with Gasteiger partial charge in [-0.15, -0.1) is 0 Å². The average molecular weight is 255 g/mol. The predicted octanol–water partition coefficient (Wildman–Crippen LogP) is 3.49. The van der Waals surface area contributed by atoms with Gasteiger partial charge in [-0.1, -0.05) is 24.3 Å². The van der Waals surface area contributed by atoms with Crippen molar-refractivity contribution in [3.63, 3.8) is 0 Å². The van der Waals surface area contributed by atoms with Crippen molar-refractivity contribution in [2.24, 2.45) is 0 Å². The van der Waals surface area contributed by atoms with E-state index < -0.39 is 0 Å². The van der Waals surface area contributed by atoms with Gasteiger partial charge in [-0.3, -0.25) is 0 Å². The molecule has 0 saturated heterocycles. The van der Waals surface area contributed by atoms with E-state index in [1.807, 2.05) is 12.1 Å². The summed E-state index contributed by atoms with van der Waals surface area (Å²) in [4.78, 5) is 0. The first-order valence-electron chi connectivity index (χ1n) is 5.89. The number of nitrogens with zero attached hydrogens (tertiary/aromatic N) is 3. The molecule has 20 heavy (non-hydrogen) atoms. The van der Waals surface area contributed by atoms with E-state index in [0.717, 1.165) is 11.1 Å². The zero-order chi connectivity index (χ0) is 14.4. The maximum Gasteiger partial charge on any atom is 0.0998 e. The molecule has 0 aliphatic heterocycles. The molecule has 0 radical (unpaired) electrons. The first-order chi connectivity index (χ1) is 9.76. The average Bonchev–Trinajstić information content (AvgIpc) is 2.53. The van der Waals surface area contributed by atoms with Crippen LogP contribution in [0.1, 0.15) is 22.3 Å². The zero-order valence-corrected chi connectivity index (χ0v) is 10.5. The van der Waals surface area contributed by atoms with E-state index in [1.165, 1.54) is 0 Å². The molecule has 2 aromatic rings. The Bertz CT molecular complexity index is 761. The third-order valence-corrected chi connectivity index (χ3v) is 2.80. The van der Waals surface area contributed by atoms with Gasteiger partial charge in [-0.05, 0) is 41.5 Å². The standard InChI is InChI=1S/C17H9N3/c18-10-14-3-1-13(2-4-14)9-17(12-20)16-7-5-15(11-19)6-8-16/h1-9H. The van der Waals surface area contributed by atoms with Crippen molar-refractivity contribution in [1.82, 2.24) is 0 Å². The molecule has 0 fully saturated rings. The Morgan fingerprint density at radius 3 is 1.70 bits per heavy atom. The molecule has 0 atom stereocenters. The fourth-order valence-electron chi connectivity index (χ4n) is 1.73. The van der Waals surface area contributed by atoms with Gasteiger partial charge in [0.25, 0.3) is 0 Å². The molecule has 0 aliphatic rings. The van der Waals surface area contributed by atoms with Crippen LogP contribution in [0, 0.1) is 34.0 Å². The maximum atomic E-state index is 9.23. The predicted molar refractivity (Wildman–Crippen MR) is 75.8 cm³/mol. The van der Waals surface area contributed by atoms with E-state index in [2.05, 4.69) is 6.07 Å². The topological polar surface area (TPSA) is 71.4 Å². The lowest BCUT2D eigenvalue weighted by Gasteiger charge is -2.00. The third kappa shape index (κ3) is 2.91. The normalized spacial score (nSPS) is 10.2. The number of benzene rings is 2. The second kappa shape index (κ2) is 6.01. The van der Waals surface area contributed by atoms with Crippen LogP contribution in [0.15, 0.2) is 48.5 Å². The summed E-state index contributed by atoms with van der Waals surface area (Å²) >= 11 is 0. The molecule has 0 spiro atoms. The Labute approximate surface area is 117 Å². The molecular formula is C17H9N3. The highest BCUT2D eigenvalue weighted by Gasteiger charge is 2.01. The Kier molecular flexibility index (Phi) is 3.93. The van der Waals surface area contributed by atoms with E-state index in [4.69, 9.17) is 10.5 Å². The first-order valence-corrected chi connectivity index (χ1v) is 5.89. The SMILES string of the molecule is N#CC(=Cc1ccc(C#N)cc1)c1ccc(C#N)cc1. The lowest BCUT2D eigenvalue weighted by atomic mass is 10.0. The summed E-state index contributed by atoms with van der Waals surface area (Å²) in [6.07, 6.45) is 1.75. The maximum absolute atomic E-state index is 9.23. The molecule has 0 aromatic heterocycles. The summed E-state index contributed by atoms with van der Waals surface area (Å²) in [7, 11) is 0. The van der Waals surface area contributed by atoms with Crippen LogP contribution in [-0.4, -0.2) is 0 Å². The molecule has 0 heterocycles. The van der Waals surface area contributed by atoms with Gasteiger partial charge in [0, 0.05) is 0 Å². The fraction of sp³-hybridized carbons (Fsp3) is 0. The molecule has 0 aliphatic carbocycles. The van der Waals surface area contributed by atoms with Crippen molar-refractivity contribution >= 4 is 11.6 Å². The molecule has 3 heteroatoms. The molecule has 0 amide bonds. The number of nitriles is 3. The molecule has 0 saturated carbocycles. The number of hydrogen-bond donors (Lipinski definition) is 0. The van der Waals surface area contributed by atoms with Gasteiger partial charge in [0.1, 0.15) is 0 Å². The number of hydrogen-bond acceptors (Lipinski definition) is 3. The summed E-state index contributed by atoms with van der Waals surface area (Å²) in [5.74, 6) is 0. The van der Waals surface area contributed by atoms with E-state index in [-0.39, 0.29) is 0 Å². The van der Waals surface area contributed by atoms with Crippen LogP contribution in [0.4, 0.5) is 0 Å². The van der Waals surface area contributed by atoms with Gasteiger partial charge < -0.3 is 0 Å². The molecular weight excluding hydrogens is 246 g/mol. The monoisotopic (exact) mass is 255 g/mol. The Balaban J connectivity index is 2.36. The van der Waals surface area contributed by atoms with Gasteiger partial charge in [0.15, 0.2) is 0 Å². The van der Waals surface area contributed by atoms with Crippen molar-refractivity contribution in [2.45, 2.75) is 0 Å². The summed E-state index contributed by atoms with van der Waals surface area (Å²) in [5.41, 5.74) is 3.27. The van der Waals surface area contributed by atoms with E-state index in [1.54, 1.807) is 54.6 Å². The zero-order valence-electron chi connectivity index (χ0n) is 10.5. The van der Waals surface area contributed by atoms with Crippen LogP contribution >= 0.6 is 0 Å². The minimum atomic E-state index is 0.513. The highest BCUT2D eigenvalue weighted by molar-refractivity contribution is 5.89. The van der Waals surface area contributed by atoms with Crippen LogP contribution in [0.2, 0.25) is 0 Å². The molecule has 0 unspecified atom stereocenters. The third-order valence-electron chi connectivity index (χ3n) is 2.80. The molecule has 0 bridgehead atoms. The van der Waals surface area contributed by atoms with E-state index in [0.29, 0.717) is 16.7 Å². The lowest BCUT2D eigenvalue weighted by Crippen LogP contribution is -1.83. The van der Waals surface area contributed by atoms with Crippen LogP contribution in [0.5, 0.6) is 0 Å². The van der Waals surface area contributed by atoms with Crippen LogP contribution in [0.25, 0.3) is 11.6 Å².